The van der Waals surface area contributed by atoms with Gasteiger partial charge in [-0.05, 0) is 38.5 Å². The van der Waals surface area contributed by atoms with Crippen LogP contribution in [0.3, 0.4) is 0 Å². The molecule has 124 valence electrons. The average Bonchev–Trinajstić information content (AvgIpc) is 3.06. The number of hydrazone groups is 1. The number of nitrogens with one attached hydrogen (secondary N) is 1. The summed E-state index contributed by atoms with van der Waals surface area (Å²) >= 11 is 1.42. The molecule has 1 N–H and O–H groups in total. The lowest BCUT2D eigenvalue weighted by molar-refractivity contribution is 1.29. The average molecular weight is 346 g/mol. The first-order valence-corrected chi connectivity index (χ1v) is 8.79. The molecule has 0 aliphatic heterocycles. The summed E-state index contributed by atoms with van der Waals surface area (Å²) in [5, 5.41) is 16.2. The van der Waals surface area contributed by atoms with Crippen LogP contribution in [0.2, 0.25) is 0 Å². The van der Waals surface area contributed by atoms with Gasteiger partial charge in [-0.1, -0.05) is 41.5 Å². The number of hydrogen-bond donors (Lipinski definition) is 1. The maximum Gasteiger partial charge on any atom is 0.196 e. The zero-order valence-electron chi connectivity index (χ0n) is 14.4. The van der Waals surface area contributed by atoms with Gasteiger partial charge in [-0.25, -0.2) is 4.98 Å². The van der Waals surface area contributed by atoms with Crippen LogP contribution in [0.1, 0.15) is 21.7 Å². The Labute approximate surface area is 151 Å². The maximum atomic E-state index is 9.42. The van der Waals surface area contributed by atoms with Crippen molar-refractivity contribution in [1.29, 1.82) is 5.26 Å². The number of rotatable bonds is 4. The highest BCUT2D eigenvalue weighted by Gasteiger charge is 2.12. The first-order chi connectivity index (χ1) is 12.1. The Morgan fingerprint density at radius 2 is 1.80 bits per heavy atom. The molecular weight excluding hydrogens is 328 g/mol. The van der Waals surface area contributed by atoms with Crippen molar-refractivity contribution in [3.63, 3.8) is 0 Å². The monoisotopic (exact) mass is 346 g/mol. The highest BCUT2D eigenvalue weighted by atomic mass is 32.1. The van der Waals surface area contributed by atoms with E-state index in [1.54, 1.807) is 0 Å². The second-order valence-electron chi connectivity index (χ2n) is 5.91. The number of nitrogens with zero attached hydrogens (tertiary/aromatic N) is 3. The van der Waals surface area contributed by atoms with Crippen LogP contribution in [-0.2, 0) is 0 Å². The summed E-state index contributed by atoms with van der Waals surface area (Å²) < 4.78 is 0. The molecule has 3 rings (SSSR count). The van der Waals surface area contributed by atoms with Gasteiger partial charge in [-0.15, -0.1) is 11.3 Å². The fourth-order valence-corrected chi connectivity index (χ4v) is 3.23. The van der Waals surface area contributed by atoms with Crippen molar-refractivity contribution in [2.45, 2.75) is 20.8 Å². The minimum atomic E-state index is 0.279. The van der Waals surface area contributed by atoms with Crippen molar-refractivity contribution < 1.29 is 0 Å². The highest BCUT2D eigenvalue weighted by molar-refractivity contribution is 7.12. The van der Waals surface area contributed by atoms with Crippen LogP contribution in [0.15, 0.2) is 52.9 Å². The standard InChI is InChI=1S/C20H18N4S/c1-13-4-7-16(8-5-13)23-24-18(11-21)20-22-19(12-25-20)17-9-6-14(2)10-15(17)3/h4-10,12,23H,1-3H3/b24-18+. The minimum absolute atomic E-state index is 0.279. The number of hydrogen-bond acceptors (Lipinski definition) is 5. The van der Waals surface area contributed by atoms with Crippen molar-refractivity contribution in [2.75, 3.05) is 5.43 Å². The lowest BCUT2D eigenvalue weighted by Gasteiger charge is -2.03. The molecule has 1 aromatic heterocycles. The first-order valence-electron chi connectivity index (χ1n) is 7.91. The molecule has 25 heavy (non-hydrogen) atoms. The van der Waals surface area contributed by atoms with Crippen LogP contribution in [0.25, 0.3) is 11.3 Å². The lowest BCUT2D eigenvalue weighted by Crippen LogP contribution is -2.01. The summed E-state index contributed by atoms with van der Waals surface area (Å²) in [6.07, 6.45) is 0. The molecule has 5 heteroatoms. The second-order valence-corrected chi connectivity index (χ2v) is 6.76. The molecule has 0 saturated carbocycles. The molecule has 4 nitrogen and oxygen atoms in total. The number of aryl methyl sites for hydroxylation is 3. The van der Waals surface area contributed by atoms with E-state index in [2.05, 4.69) is 53.6 Å². The van der Waals surface area contributed by atoms with Gasteiger partial charge in [0.1, 0.15) is 6.07 Å². The summed E-state index contributed by atoms with van der Waals surface area (Å²) in [6, 6.07) is 16.2. The predicted molar refractivity (Wildman–Crippen MR) is 104 cm³/mol. The van der Waals surface area contributed by atoms with E-state index in [-0.39, 0.29) is 5.71 Å². The third-order valence-corrected chi connectivity index (χ3v) is 4.67. The largest absolute Gasteiger partial charge is 0.277 e. The van der Waals surface area contributed by atoms with Crippen LogP contribution < -0.4 is 5.43 Å². The van der Waals surface area contributed by atoms with Gasteiger partial charge in [-0.3, -0.25) is 5.43 Å². The molecule has 0 aliphatic carbocycles. The van der Waals surface area contributed by atoms with Gasteiger partial charge in [0.05, 0.1) is 11.4 Å². The van der Waals surface area contributed by atoms with Crippen LogP contribution in [0.5, 0.6) is 0 Å². The number of nitriles is 1. The summed E-state index contributed by atoms with van der Waals surface area (Å²) in [6.45, 7) is 6.16. The van der Waals surface area contributed by atoms with Crippen LogP contribution in [0, 0.1) is 32.1 Å². The van der Waals surface area contributed by atoms with Gasteiger partial charge in [-0.2, -0.15) is 10.4 Å². The number of thiazole rings is 1. The van der Waals surface area contributed by atoms with Crippen LogP contribution in [-0.4, -0.2) is 10.7 Å². The number of anilines is 1. The third-order valence-electron chi connectivity index (χ3n) is 3.82. The predicted octanol–water partition coefficient (Wildman–Crippen LogP) is 5.08. The molecule has 0 unspecified atom stereocenters. The lowest BCUT2D eigenvalue weighted by atomic mass is 10.0. The Kier molecular flexibility index (Phi) is 4.92. The molecule has 3 aromatic rings. The van der Waals surface area contributed by atoms with Crippen molar-refractivity contribution in [3.05, 3.63) is 69.5 Å². The van der Waals surface area contributed by atoms with Gasteiger partial charge < -0.3 is 0 Å². The van der Waals surface area contributed by atoms with E-state index < -0.39 is 0 Å². The van der Waals surface area contributed by atoms with Crippen molar-refractivity contribution in [3.8, 4) is 17.3 Å². The summed E-state index contributed by atoms with van der Waals surface area (Å²) in [7, 11) is 0. The van der Waals surface area contributed by atoms with Gasteiger partial charge >= 0.3 is 0 Å². The zero-order valence-corrected chi connectivity index (χ0v) is 15.2. The fraction of sp³-hybridized carbons (Fsp3) is 0.150. The Balaban J connectivity index is 1.85. The van der Waals surface area contributed by atoms with E-state index in [4.69, 9.17) is 0 Å². The molecule has 0 saturated heterocycles. The highest BCUT2D eigenvalue weighted by Crippen LogP contribution is 2.26. The molecule has 0 fully saturated rings. The van der Waals surface area contributed by atoms with Gasteiger partial charge in [0.2, 0.25) is 0 Å². The van der Waals surface area contributed by atoms with Gasteiger partial charge in [0.15, 0.2) is 10.7 Å². The van der Waals surface area contributed by atoms with E-state index >= 15 is 0 Å². The van der Waals surface area contributed by atoms with E-state index in [9.17, 15) is 5.26 Å². The van der Waals surface area contributed by atoms with Crippen LogP contribution in [0.4, 0.5) is 5.69 Å². The molecular formula is C20H18N4S. The number of aromatic nitrogens is 1. The number of benzene rings is 2. The molecule has 2 aromatic carbocycles. The van der Waals surface area contributed by atoms with Gasteiger partial charge in [0.25, 0.3) is 0 Å². The van der Waals surface area contributed by atoms with Crippen molar-refractivity contribution in [1.82, 2.24) is 4.98 Å². The van der Waals surface area contributed by atoms with Crippen LogP contribution >= 0.6 is 11.3 Å². The molecule has 0 spiro atoms. The molecule has 0 radical (unpaired) electrons. The van der Waals surface area contributed by atoms with Crippen molar-refractivity contribution in [2.24, 2.45) is 5.10 Å². The van der Waals surface area contributed by atoms with Crippen molar-refractivity contribution >= 4 is 22.7 Å². The molecule has 0 amide bonds. The second kappa shape index (κ2) is 7.29. The van der Waals surface area contributed by atoms with E-state index in [1.807, 2.05) is 36.6 Å². The molecule has 0 atom stereocenters. The SMILES string of the molecule is Cc1ccc(N/N=C(\C#N)c2nc(-c3ccc(C)cc3C)cs2)cc1. The molecule has 1 heterocycles. The quantitative estimate of drug-likeness (QED) is 0.529. The Morgan fingerprint density at radius 3 is 2.48 bits per heavy atom. The normalized spacial score (nSPS) is 11.2. The fourth-order valence-electron chi connectivity index (χ4n) is 2.48. The Hall–Kier alpha value is -2.97. The summed E-state index contributed by atoms with van der Waals surface area (Å²) in [5.41, 5.74) is 9.56. The van der Waals surface area contributed by atoms with E-state index in [1.165, 1.54) is 28.0 Å². The Bertz CT molecular complexity index is 962. The third kappa shape index (κ3) is 3.93. The molecule has 0 aliphatic rings. The minimum Gasteiger partial charge on any atom is -0.277 e. The first kappa shape index (κ1) is 16.9. The zero-order chi connectivity index (χ0) is 17.8. The molecule has 0 bridgehead atoms. The Morgan fingerprint density at radius 1 is 1.08 bits per heavy atom. The summed E-state index contributed by atoms with van der Waals surface area (Å²) in [5.74, 6) is 0. The maximum absolute atomic E-state index is 9.42. The smallest absolute Gasteiger partial charge is 0.196 e. The topological polar surface area (TPSA) is 61.1 Å². The summed E-state index contributed by atoms with van der Waals surface area (Å²) in [4.78, 5) is 4.59. The van der Waals surface area contributed by atoms with E-state index in [0.29, 0.717) is 5.01 Å². The van der Waals surface area contributed by atoms with Gasteiger partial charge in [0, 0.05) is 10.9 Å². The van der Waals surface area contributed by atoms with E-state index in [0.717, 1.165) is 16.9 Å².